The van der Waals surface area contributed by atoms with E-state index in [0.717, 1.165) is 9.80 Å². The minimum atomic E-state index is -0.852. The van der Waals surface area contributed by atoms with Gasteiger partial charge in [-0.3, -0.25) is 19.3 Å². The predicted molar refractivity (Wildman–Crippen MR) is 107 cm³/mol. The highest BCUT2D eigenvalue weighted by molar-refractivity contribution is 7.98. The number of amides is 3. The van der Waals surface area contributed by atoms with Gasteiger partial charge in [0.2, 0.25) is 5.91 Å². The lowest BCUT2D eigenvalue weighted by Gasteiger charge is -2.26. The van der Waals surface area contributed by atoms with E-state index in [9.17, 15) is 14.4 Å². The van der Waals surface area contributed by atoms with Crippen molar-refractivity contribution in [2.45, 2.75) is 31.2 Å². The lowest BCUT2D eigenvalue weighted by atomic mass is 10.0. The van der Waals surface area contributed by atoms with E-state index in [4.69, 9.17) is 0 Å². The molecular weight excluding hydrogens is 360 g/mol. The summed E-state index contributed by atoms with van der Waals surface area (Å²) in [6.07, 6.45) is 2.36. The summed E-state index contributed by atoms with van der Waals surface area (Å²) < 4.78 is 0. The third-order valence-electron chi connectivity index (χ3n) is 4.47. The van der Waals surface area contributed by atoms with Crippen molar-refractivity contribution in [2.24, 2.45) is 5.92 Å². The van der Waals surface area contributed by atoms with Crippen molar-refractivity contribution in [1.82, 2.24) is 4.90 Å². The molecule has 3 rings (SSSR count). The maximum atomic E-state index is 13.0. The molecule has 1 atom stereocenters. The molecule has 1 aliphatic heterocycles. The van der Waals surface area contributed by atoms with E-state index in [1.165, 1.54) is 0 Å². The van der Waals surface area contributed by atoms with Crippen LogP contribution in [0.4, 0.5) is 5.69 Å². The maximum absolute atomic E-state index is 13.0. The summed E-state index contributed by atoms with van der Waals surface area (Å²) in [4.78, 5) is 40.8. The number of hydrogen-bond donors (Lipinski definition) is 1. The first-order valence-corrected chi connectivity index (χ1v) is 10.1. The lowest BCUT2D eigenvalue weighted by molar-refractivity contribution is -0.120. The van der Waals surface area contributed by atoms with Crippen LogP contribution in [-0.2, 0) is 4.79 Å². The Morgan fingerprint density at radius 3 is 2.22 bits per heavy atom. The van der Waals surface area contributed by atoms with E-state index < -0.39 is 17.9 Å². The summed E-state index contributed by atoms with van der Waals surface area (Å²) in [6.45, 7) is 3.93. The molecule has 1 N–H and O–H groups in total. The number of benzene rings is 2. The number of fused-ring (bicyclic) bond motifs is 1. The number of rotatable bonds is 6. The number of thioether (sulfide) groups is 1. The van der Waals surface area contributed by atoms with Crippen LogP contribution in [0.15, 0.2) is 53.4 Å². The van der Waals surface area contributed by atoms with Crippen LogP contribution in [0.5, 0.6) is 0 Å². The first kappa shape index (κ1) is 19.2. The van der Waals surface area contributed by atoms with Gasteiger partial charge in [0, 0.05) is 10.6 Å². The average molecular weight is 382 g/mol. The molecule has 0 bridgehead atoms. The molecule has 0 aliphatic carbocycles. The van der Waals surface area contributed by atoms with E-state index in [0.29, 0.717) is 23.2 Å². The molecule has 140 valence electrons. The summed E-state index contributed by atoms with van der Waals surface area (Å²) >= 11 is 1.58. The molecule has 6 heteroatoms. The summed E-state index contributed by atoms with van der Waals surface area (Å²) in [7, 11) is 0. The molecule has 0 spiro atoms. The van der Waals surface area contributed by atoms with Crippen molar-refractivity contribution in [3.8, 4) is 0 Å². The Labute approximate surface area is 163 Å². The number of anilines is 1. The molecule has 0 fully saturated rings. The Balaban J connectivity index is 1.89. The molecule has 2 aromatic carbocycles. The van der Waals surface area contributed by atoms with Crippen molar-refractivity contribution < 1.29 is 14.4 Å². The van der Waals surface area contributed by atoms with Gasteiger partial charge in [-0.05, 0) is 48.9 Å². The number of imide groups is 1. The number of carbonyl (C=O) groups is 3. The van der Waals surface area contributed by atoms with Gasteiger partial charge in [0.15, 0.2) is 0 Å². The number of nitrogens with one attached hydrogen (secondary N) is 1. The maximum Gasteiger partial charge on any atom is 0.262 e. The smallest absolute Gasteiger partial charge is 0.262 e. The molecule has 1 heterocycles. The zero-order valence-electron chi connectivity index (χ0n) is 15.6. The van der Waals surface area contributed by atoms with Gasteiger partial charge < -0.3 is 5.32 Å². The van der Waals surface area contributed by atoms with E-state index in [-0.39, 0.29) is 11.8 Å². The lowest BCUT2D eigenvalue weighted by Crippen LogP contribution is -2.47. The number of nitrogens with zero attached hydrogens (tertiary/aromatic N) is 1. The van der Waals surface area contributed by atoms with Gasteiger partial charge in [0.25, 0.3) is 11.8 Å². The third kappa shape index (κ3) is 3.90. The second-order valence-electron chi connectivity index (χ2n) is 6.89. The monoisotopic (exact) mass is 382 g/mol. The number of carbonyl (C=O) groups excluding carboxylic acids is 3. The van der Waals surface area contributed by atoms with Crippen LogP contribution in [0.2, 0.25) is 0 Å². The average Bonchev–Trinajstić information content (AvgIpc) is 2.91. The fourth-order valence-electron chi connectivity index (χ4n) is 3.19. The first-order chi connectivity index (χ1) is 12.9. The van der Waals surface area contributed by atoms with Crippen LogP contribution in [0.1, 0.15) is 41.0 Å². The zero-order valence-corrected chi connectivity index (χ0v) is 16.4. The Morgan fingerprint density at radius 2 is 1.67 bits per heavy atom. The van der Waals surface area contributed by atoms with Gasteiger partial charge in [-0.15, -0.1) is 11.8 Å². The molecule has 5 nitrogen and oxygen atoms in total. The van der Waals surface area contributed by atoms with Crippen LogP contribution < -0.4 is 5.32 Å². The second-order valence-corrected chi connectivity index (χ2v) is 7.77. The molecular formula is C21H22N2O3S. The van der Waals surface area contributed by atoms with Crippen molar-refractivity contribution in [3.63, 3.8) is 0 Å². The van der Waals surface area contributed by atoms with Crippen molar-refractivity contribution in [3.05, 3.63) is 59.7 Å². The summed E-state index contributed by atoms with van der Waals surface area (Å²) in [6, 6.07) is 13.3. The normalized spacial score (nSPS) is 14.4. The molecule has 3 amide bonds. The van der Waals surface area contributed by atoms with Crippen molar-refractivity contribution in [1.29, 1.82) is 0 Å². The van der Waals surface area contributed by atoms with Gasteiger partial charge in [0.05, 0.1) is 11.1 Å². The first-order valence-electron chi connectivity index (χ1n) is 8.84. The van der Waals surface area contributed by atoms with E-state index >= 15 is 0 Å². The quantitative estimate of drug-likeness (QED) is 0.604. The van der Waals surface area contributed by atoms with Crippen LogP contribution in [0.3, 0.4) is 0 Å². The van der Waals surface area contributed by atoms with Crippen LogP contribution in [0, 0.1) is 5.92 Å². The Kier molecular flexibility index (Phi) is 5.65. The fourth-order valence-corrected chi connectivity index (χ4v) is 3.65. The molecule has 0 saturated heterocycles. The fraction of sp³-hybridized carbons (Fsp3) is 0.286. The third-order valence-corrected chi connectivity index (χ3v) is 5.20. The van der Waals surface area contributed by atoms with E-state index in [2.05, 4.69) is 5.32 Å². The highest BCUT2D eigenvalue weighted by Crippen LogP contribution is 2.28. The minimum absolute atomic E-state index is 0.141. The molecule has 1 aliphatic rings. The highest BCUT2D eigenvalue weighted by atomic mass is 32.2. The predicted octanol–water partition coefficient (Wildman–Crippen LogP) is 4.06. The molecule has 0 saturated carbocycles. The topological polar surface area (TPSA) is 66.5 Å². The molecule has 0 aromatic heterocycles. The molecule has 0 radical (unpaired) electrons. The highest BCUT2D eigenvalue weighted by Gasteiger charge is 2.42. The van der Waals surface area contributed by atoms with Crippen LogP contribution in [-0.4, -0.2) is 34.9 Å². The Morgan fingerprint density at radius 1 is 1.04 bits per heavy atom. The van der Waals surface area contributed by atoms with Crippen molar-refractivity contribution >= 4 is 35.2 Å². The van der Waals surface area contributed by atoms with Crippen LogP contribution >= 0.6 is 11.8 Å². The number of hydrogen-bond acceptors (Lipinski definition) is 4. The standard InChI is InChI=1S/C21H22N2O3S/c1-13(2)11-18(19(24)22-14-7-6-8-15(12-14)27-3)23-20(25)16-9-4-5-10-17(16)21(23)26/h4-10,12-13,18H,11H2,1-3H3,(H,22,24). The largest absolute Gasteiger partial charge is 0.324 e. The Hall–Kier alpha value is -2.60. The van der Waals surface area contributed by atoms with Gasteiger partial charge in [0.1, 0.15) is 6.04 Å². The van der Waals surface area contributed by atoms with Gasteiger partial charge in [-0.1, -0.05) is 32.0 Å². The minimum Gasteiger partial charge on any atom is -0.324 e. The van der Waals surface area contributed by atoms with Gasteiger partial charge in [-0.2, -0.15) is 0 Å². The summed E-state index contributed by atoms with van der Waals surface area (Å²) in [5, 5.41) is 2.87. The van der Waals surface area contributed by atoms with Gasteiger partial charge in [-0.25, -0.2) is 0 Å². The Bertz CT molecular complexity index is 860. The SMILES string of the molecule is CSc1cccc(NC(=O)C(CC(C)C)N2C(=O)c3ccccc3C2=O)c1. The van der Waals surface area contributed by atoms with Gasteiger partial charge >= 0.3 is 0 Å². The molecule has 2 aromatic rings. The summed E-state index contributed by atoms with van der Waals surface area (Å²) in [5.74, 6) is -1.03. The second kappa shape index (κ2) is 7.96. The molecule has 1 unspecified atom stereocenters. The van der Waals surface area contributed by atoms with E-state index in [1.54, 1.807) is 42.1 Å². The zero-order chi connectivity index (χ0) is 19.6. The van der Waals surface area contributed by atoms with E-state index in [1.807, 2.05) is 38.3 Å². The van der Waals surface area contributed by atoms with Crippen molar-refractivity contribution in [2.75, 3.05) is 11.6 Å². The summed E-state index contributed by atoms with van der Waals surface area (Å²) in [5.41, 5.74) is 1.36. The molecule has 27 heavy (non-hydrogen) atoms. The van der Waals surface area contributed by atoms with Crippen LogP contribution in [0.25, 0.3) is 0 Å².